The SMILES string of the molecule is Fc1ccccc1-c1cncc([C@@H]2CN(Cc3ccc4ncccc4c3)CCO2)n1. The van der Waals surface area contributed by atoms with E-state index < -0.39 is 0 Å². The van der Waals surface area contributed by atoms with Crippen molar-refractivity contribution in [2.24, 2.45) is 0 Å². The highest BCUT2D eigenvalue weighted by molar-refractivity contribution is 5.78. The fourth-order valence-electron chi connectivity index (χ4n) is 3.84. The summed E-state index contributed by atoms with van der Waals surface area (Å²) >= 11 is 0. The Bertz CT molecular complexity index is 1180. The Morgan fingerprint density at radius 3 is 2.93 bits per heavy atom. The third kappa shape index (κ3) is 3.92. The van der Waals surface area contributed by atoms with Gasteiger partial charge in [-0.15, -0.1) is 0 Å². The van der Waals surface area contributed by atoms with Crippen molar-refractivity contribution in [1.82, 2.24) is 19.9 Å². The minimum absolute atomic E-state index is 0.194. The lowest BCUT2D eigenvalue weighted by atomic mass is 10.1. The first-order valence-electron chi connectivity index (χ1n) is 10.0. The molecule has 0 bridgehead atoms. The Balaban J connectivity index is 1.34. The van der Waals surface area contributed by atoms with Crippen LogP contribution in [0.3, 0.4) is 0 Å². The van der Waals surface area contributed by atoms with Gasteiger partial charge in [0.2, 0.25) is 0 Å². The summed E-state index contributed by atoms with van der Waals surface area (Å²) in [5.74, 6) is -0.305. The molecule has 2 aromatic heterocycles. The monoisotopic (exact) mass is 400 g/mol. The van der Waals surface area contributed by atoms with Crippen LogP contribution in [0.1, 0.15) is 17.4 Å². The molecule has 1 aliphatic heterocycles. The molecule has 0 aliphatic carbocycles. The second-order valence-electron chi connectivity index (χ2n) is 7.43. The Morgan fingerprint density at radius 1 is 1.07 bits per heavy atom. The van der Waals surface area contributed by atoms with Crippen LogP contribution in [-0.2, 0) is 11.3 Å². The van der Waals surface area contributed by atoms with Crippen molar-refractivity contribution >= 4 is 10.9 Å². The molecule has 5 rings (SSSR count). The lowest BCUT2D eigenvalue weighted by molar-refractivity contribution is -0.0351. The average molecular weight is 400 g/mol. The van der Waals surface area contributed by atoms with Crippen molar-refractivity contribution in [1.29, 1.82) is 0 Å². The van der Waals surface area contributed by atoms with E-state index in [0.29, 0.717) is 24.4 Å². The summed E-state index contributed by atoms with van der Waals surface area (Å²) in [6.07, 6.45) is 4.91. The molecule has 0 amide bonds. The van der Waals surface area contributed by atoms with Gasteiger partial charge in [0.15, 0.2) is 0 Å². The molecule has 1 fully saturated rings. The molecule has 1 aliphatic rings. The summed E-state index contributed by atoms with van der Waals surface area (Å²) in [6, 6.07) is 17.0. The van der Waals surface area contributed by atoms with Gasteiger partial charge in [-0.25, -0.2) is 9.37 Å². The number of aromatic nitrogens is 3. The van der Waals surface area contributed by atoms with Crippen molar-refractivity contribution in [3.63, 3.8) is 0 Å². The molecule has 2 aromatic carbocycles. The van der Waals surface area contributed by atoms with Crippen LogP contribution in [0, 0.1) is 5.82 Å². The van der Waals surface area contributed by atoms with Gasteiger partial charge < -0.3 is 4.74 Å². The molecule has 1 saturated heterocycles. The molecule has 30 heavy (non-hydrogen) atoms. The van der Waals surface area contributed by atoms with Gasteiger partial charge in [0.05, 0.1) is 35.9 Å². The summed E-state index contributed by atoms with van der Waals surface area (Å²) in [6.45, 7) is 3.00. The number of nitrogens with zero attached hydrogens (tertiary/aromatic N) is 4. The zero-order valence-electron chi connectivity index (χ0n) is 16.4. The third-order valence-electron chi connectivity index (χ3n) is 5.36. The zero-order valence-corrected chi connectivity index (χ0v) is 16.4. The fraction of sp³-hybridized carbons (Fsp3) is 0.208. The smallest absolute Gasteiger partial charge is 0.132 e. The van der Waals surface area contributed by atoms with Crippen LogP contribution in [0.15, 0.2) is 73.2 Å². The standard InChI is InChI=1S/C24H21FN4O/c25-20-6-2-1-5-19(20)22-13-26-14-23(28-22)24-16-29(10-11-30-24)15-17-7-8-21-18(12-17)4-3-9-27-21/h1-9,12-14,24H,10-11,15-16H2/t24-/m0/s1. The Morgan fingerprint density at radius 2 is 2.00 bits per heavy atom. The topological polar surface area (TPSA) is 51.1 Å². The zero-order chi connectivity index (χ0) is 20.3. The van der Waals surface area contributed by atoms with E-state index >= 15 is 0 Å². The van der Waals surface area contributed by atoms with E-state index in [4.69, 9.17) is 4.74 Å². The number of halogens is 1. The number of fused-ring (bicyclic) bond motifs is 1. The first-order chi connectivity index (χ1) is 14.8. The quantitative estimate of drug-likeness (QED) is 0.508. The molecular weight excluding hydrogens is 379 g/mol. The molecule has 0 saturated carbocycles. The van der Waals surface area contributed by atoms with Crippen molar-refractivity contribution < 1.29 is 9.13 Å². The van der Waals surface area contributed by atoms with Crippen molar-refractivity contribution in [2.45, 2.75) is 12.6 Å². The predicted octanol–water partition coefficient (Wildman–Crippen LogP) is 4.40. The summed E-state index contributed by atoms with van der Waals surface area (Å²) in [5.41, 5.74) is 3.93. The Labute approximate surface area is 174 Å². The third-order valence-corrected chi connectivity index (χ3v) is 5.36. The van der Waals surface area contributed by atoms with Crippen LogP contribution >= 0.6 is 0 Å². The van der Waals surface area contributed by atoms with Crippen molar-refractivity contribution in [2.75, 3.05) is 19.7 Å². The van der Waals surface area contributed by atoms with Crippen molar-refractivity contribution in [3.8, 4) is 11.3 Å². The first kappa shape index (κ1) is 18.8. The Hall–Kier alpha value is -3.22. The number of ether oxygens (including phenoxy) is 1. The minimum atomic E-state index is -0.305. The van der Waals surface area contributed by atoms with E-state index in [9.17, 15) is 4.39 Å². The molecule has 1 atom stereocenters. The van der Waals surface area contributed by atoms with Gasteiger partial charge in [-0.05, 0) is 35.9 Å². The van der Waals surface area contributed by atoms with Gasteiger partial charge in [-0.1, -0.05) is 24.3 Å². The molecule has 6 heteroatoms. The lowest BCUT2D eigenvalue weighted by Gasteiger charge is -2.32. The number of morpholine rings is 1. The van der Waals surface area contributed by atoms with Crippen LogP contribution < -0.4 is 0 Å². The molecule has 150 valence electrons. The summed E-state index contributed by atoms with van der Waals surface area (Å²) in [5, 5.41) is 1.14. The summed E-state index contributed by atoms with van der Waals surface area (Å²) in [7, 11) is 0. The summed E-state index contributed by atoms with van der Waals surface area (Å²) < 4.78 is 20.1. The second kappa shape index (κ2) is 8.26. The van der Waals surface area contributed by atoms with E-state index in [1.165, 1.54) is 11.6 Å². The van der Waals surface area contributed by atoms with Gasteiger partial charge in [0, 0.05) is 36.8 Å². The Kier molecular flexibility index (Phi) is 5.17. The van der Waals surface area contributed by atoms with Crippen LogP contribution in [-0.4, -0.2) is 39.5 Å². The maximum atomic E-state index is 14.2. The maximum absolute atomic E-state index is 14.2. The fourth-order valence-corrected chi connectivity index (χ4v) is 3.84. The van der Waals surface area contributed by atoms with Crippen LogP contribution in [0.2, 0.25) is 0 Å². The highest BCUT2D eigenvalue weighted by Gasteiger charge is 2.24. The first-order valence-corrected chi connectivity index (χ1v) is 10.0. The van der Waals surface area contributed by atoms with E-state index in [2.05, 4.69) is 44.1 Å². The molecule has 0 spiro atoms. The molecule has 4 aromatic rings. The molecule has 3 heterocycles. The van der Waals surface area contributed by atoms with E-state index in [1.54, 1.807) is 30.6 Å². The average Bonchev–Trinajstić information content (AvgIpc) is 2.80. The largest absolute Gasteiger partial charge is 0.369 e. The lowest BCUT2D eigenvalue weighted by Crippen LogP contribution is -2.38. The van der Waals surface area contributed by atoms with Gasteiger partial charge >= 0.3 is 0 Å². The van der Waals surface area contributed by atoms with Gasteiger partial charge in [0.1, 0.15) is 11.9 Å². The van der Waals surface area contributed by atoms with Gasteiger partial charge in [-0.2, -0.15) is 0 Å². The normalized spacial score (nSPS) is 17.3. The minimum Gasteiger partial charge on any atom is -0.369 e. The maximum Gasteiger partial charge on any atom is 0.132 e. The van der Waals surface area contributed by atoms with Gasteiger partial charge in [-0.3, -0.25) is 14.9 Å². The highest BCUT2D eigenvalue weighted by Crippen LogP contribution is 2.25. The van der Waals surface area contributed by atoms with Crippen LogP contribution in [0.5, 0.6) is 0 Å². The molecule has 0 radical (unpaired) electrons. The van der Waals surface area contributed by atoms with Crippen LogP contribution in [0.4, 0.5) is 4.39 Å². The number of pyridine rings is 1. The van der Waals surface area contributed by atoms with E-state index in [-0.39, 0.29) is 11.9 Å². The second-order valence-corrected chi connectivity index (χ2v) is 7.43. The molecular formula is C24H21FN4O. The highest BCUT2D eigenvalue weighted by atomic mass is 19.1. The van der Waals surface area contributed by atoms with E-state index in [0.717, 1.165) is 29.7 Å². The number of rotatable bonds is 4. The van der Waals surface area contributed by atoms with E-state index in [1.807, 2.05) is 12.3 Å². The van der Waals surface area contributed by atoms with Crippen LogP contribution in [0.25, 0.3) is 22.2 Å². The molecule has 0 unspecified atom stereocenters. The molecule has 0 N–H and O–H groups in total. The number of hydrogen-bond acceptors (Lipinski definition) is 5. The van der Waals surface area contributed by atoms with Gasteiger partial charge in [0.25, 0.3) is 0 Å². The molecule has 5 nitrogen and oxygen atoms in total. The number of benzene rings is 2. The summed E-state index contributed by atoms with van der Waals surface area (Å²) in [4.78, 5) is 15.7. The predicted molar refractivity (Wildman–Crippen MR) is 113 cm³/mol. The van der Waals surface area contributed by atoms with Crippen molar-refractivity contribution in [3.05, 3.63) is 90.3 Å². The number of hydrogen-bond donors (Lipinski definition) is 0.